The molecule has 0 atom stereocenters. The number of nitrogens with one attached hydrogen (secondary N) is 1. The first kappa shape index (κ1) is 26.7. The van der Waals surface area contributed by atoms with Crippen LogP contribution in [0.3, 0.4) is 0 Å². The van der Waals surface area contributed by atoms with Crippen molar-refractivity contribution in [3.8, 4) is 34.3 Å². The molecular weight excluding hydrogens is 502 g/mol. The van der Waals surface area contributed by atoms with Gasteiger partial charge in [-0.1, -0.05) is 56.8 Å². The number of carbonyl (C=O) groups excluding carboxylic acids is 1. The van der Waals surface area contributed by atoms with E-state index in [0.717, 1.165) is 17.0 Å². The fraction of sp³-hybridized carbons (Fsp3) is 0.214. The Balaban J connectivity index is 1.54. The maximum atomic E-state index is 12.5. The number of hydrogen-bond donors (Lipinski definition) is 3. The third-order valence-corrected chi connectivity index (χ3v) is 6.64. The molecule has 0 aliphatic carbocycles. The Morgan fingerprint density at radius 2 is 1.74 bits per heavy atom. The van der Waals surface area contributed by atoms with Crippen molar-refractivity contribution in [2.75, 3.05) is 12.9 Å². The smallest absolute Gasteiger partial charge is 0.250 e. The third-order valence-electron chi connectivity index (χ3n) is 5.71. The molecule has 1 heterocycles. The van der Waals surface area contributed by atoms with Crippen molar-refractivity contribution >= 4 is 23.9 Å². The highest BCUT2D eigenvalue weighted by Gasteiger charge is 2.19. The molecule has 0 radical (unpaired) electrons. The zero-order valence-corrected chi connectivity index (χ0v) is 22.4. The van der Waals surface area contributed by atoms with Crippen molar-refractivity contribution in [3.63, 3.8) is 0 Å². The molecule has 0 unspecified atom stereocenters. The normalized spacial score (nSPS) is 11.6. The Labute approximate surface area is 225 Å². The number of carbonyl (C=O) groups is 1. The first-order valence-corrected chi connectivity index (χ1v) is 12.8. The molecule has 10 heteroatoms. The Morgan fingerprint density at radius 1 is 1.03 bits per heavy atom. The second kappa shape index (κ2) is 11.4. The van der Waals surface area contributed by atoms with E-state index in [0.29, 0.717) is 16.5 Å². The number of phenols is 2. The predicted molar refractivity (Wildman–Crippen MR) is 148 cm³/mol. The van der Waals surface area contributed by atoms with Crippen LogP contribution in [-0.2, 0) is 10.2 Å². The number of hydrazone groups is 1. The van der Waals surface area contributed by atoms with Gasteiger partial charge in [0, 0.05) is 11.3 Å². The lowest BCUT2D eigenvalue weighted by molar-refractivity contribution is -0.118. The topological polar surface area (TPSA) is 122 Å². The maximum Gasteiger partial charge on any atom is 0.250 e. The number of thioether (sulfide) groups is 1. The second-order valence-corrected chi connectivity index (χ2v) is 10.4. The Hall–Kier alpha value is -4.31. The molecule has 0 saturated carbocycles. The molecule has 0 aliphatic rings. The molecule has 0 saturated heterocycles. The van der Waals surface area contributed by atoms with Crippen LogP contribution in [0.1, 0.15) is 31.9 Å². The van der Waals surface area contributed by atoms with Crippen LogP contribution in [0, 0.1) is 0 Å². The number of benzene rings is 3. The number of aromatic hydroxyl groups is 2. The van der Waals surface area contributed by atoms with Crippen molar-refractivity contribution in [2.24, 2.45) is 5.10 Å². The average Bonchev–Trinajstić information content (AvgIpc) is 3.33. The quantitative estimate of drug-likeness (QED) is 0.128. The molecule has 9 nitrogen and oxygen atoms in total. The van der Waals surface area contributed by atoms with Gasteiger partial charge < -0.3 is 14.9 Å². The van der Waals surface area contributed by atoms with Crippen molar-refractivity contribution in [3.05, 3.63) is 77.9 Å². The van der Waals surface area contributed by atoms with Gasteiger partial charge in [0.25, 0.3) is 5.91 Å². The number of hydrogen-bond acceptors (Lipinski definition) is 8. The van der Waals surface area contributed by atoms with Gasteiger partial charge in [-0.3, -0.25) is 9.36 Å². The van der Waals surface area contributed by atoms with Gasteiger partial charge >= 0.3 is 0 Å². The van der Waals surface area contributed by atoms with Gasteiger partial charge in [-0.05, 0) is 59.0 Å². The highest BCUT2D eigenvalue weighted by Crippen LogP contribution is 2.31. The fourth-order valence-electron chi connectivity index (χ4n) is 3.60. The third kappa shape index (κ3) is 6.33. The minimum Gasteiger partial charge on any atom is -0.504 e. The number of nitrogens with zero attached hydrogens (tertiary/aromatic N) is 4. The lowest BCUT2D eigenvalue weighted by Gasteiger charge is -2.19. The second-order valence-electron chi connectivity index (χ2n) is 9.50. The predicted octanol–water partition coefficient (Wildman–Crippen LogP) is 4.89. The molecule has 0 aliphatic heterocycles. The molecule has 4 aromatic rings. The molecular formula is C28H29N5O4S. The first-order valence-electron chi connectivity index (χ1n) is 11.8. The lowest BCUT2D eigenvalue weighted by Crippen LogP contribution is -2.20. The summed E-state index contributed by atoms with van der Waals surface area (Å²) in [5.41, 5.74) is 5.96. The van der Waals surface area contributed by atoms with E-state index in [2.05, 4.69) is 53.6 Å². The molecule has 0 fully saturated rings. The lowest BCUT2D eigenvalue weighted by atomic mass is 9.87. The van der Waals surface area contributed by atoms with E-state index in [-0.39, 0.29) is 28.6 Å². The summed E-state index contributed by atoms with van der Waals surface area (Å²) in [6.07, 6.45) is 1.38. The molecule has 4 rings (SSSR count). The summed E-state index contributed by atoms with van der Waals surface area (Å²) in [6.45, 7) is 6.50. The van der Waals surface area contributed by atoms with Gasteiger partial charge in [-0.25, -0.2) is 5.43 Å². The molecule has 196 valence electrons. The average molecular weight is 532 g/mol. The number of methoxy groups -OCH3 is 1. The first-order chi connectivity index (χ1) is 18.2. The molecule has 3 N–H and O–H groups in total. The summed E-state index contributed by atoms with van der Waals surface area (Å²) >= 11 is 1.23. The number of aromatic nitrogens is 3. The van der Waals surface area contributed by atoms with E-state index < -0.39 is 0 Å². The standard InChI is InChI=1S/C28H29N5O4S/c1-28(2,3)20-8-6-19(7-9-20)26-31-32-27(33(26)21-10-12-22(37-4)13-11-21)38-17-25(36)30-29-16-18-5-14-23(34)24(35)15-18/h5-16,34-35H,17H2,1-4H3,(H,30,36)/b29-16-. The SMILES string of the molecule is COc1ccc(-n2c(SCC(=O)N/N=C\c3ccc(O)c(O)c3)nnc2-c2ccc(C(C)(C)C)cc2)cc1. The zero-order valence-electron chi connectivity index (χ0n) is 21.5. The van der Waals surface area contributed by atoms with Gasteiger partial charge in [-0.15, -0.1) is 10.2 Å². The van der Waals surface area contributed by atoms with Crippen LogP contribution in [0.5, 0.6) is 17.2 Å². The van der Waals surface area contributed by atoms with Crippen molar-refractivity contribution < 1.29 is 19.7 Å². The van der Waals surface area contributed by atoms with Crippen LogP contribution in [0.2, 0.25) is 0 Å². The maximum absolute atomic E-state index is 12.5. The molecule has 1 aromatic heterocycles. The zero-order chi connectivity index (χ0) is 27.3. The van der Waals surface area contributed by atoms with E-state index in [9.17, 15) is 15.0 Å². The van der Waals surface area contributed by atoms with Crippen LogP contribution in [0.15, 0.2) is 77.0 Å². The minimum atomic E-state index is -0.338. The highest BCUT2D eigenvalue weighted by atomic mass is 32.2. The number of ether oxygens (including phenoxy) is 1. The molecule has 38 heavy (non-hydrogen) atoms. The summed E-state index contributed by atoms with van der Waals surface area (Å²) in [4.78, 5) is 12.5. The Morgan fingerprint density at radius 3 is 2.37 bits per heavy atom. The van der Waals surface area contributed by atoms with Crippen molar-refractivity contribution in [1.29, 1.82) is 0 Å². The summed E-state index contributed by atoms with van der Waals surface area (Å²) < 4.78 is 7.21. The Kier molecular flexibility index (Phi) is 8.02. The van der Waals surface area contributed by atoms with E-state index in [1.165, 1.54) is 35.7 Å². The molecule has 0 bridgehead atoms. The summed E-state index contributed by atoms with van der Waals surface area (Å²) in [6, 6.07) is 20.0. The number of phenolic OH excluding ortho intramolecular Hbond substituents is 2. The van der Waals surface area contributed by atoms with Gasteiger partial charge in [0.15, 0.2) is 22.5 Å². The van der Waals surface area contributed by atoms with Crippen LogP contribution in [0.4, 0.5) is 0 Å². The number of rotatable bonds is 8. The van der Waals surface area contributed by atoms with Gasteiger partial charge in [-0.2, -0.15) is 5.10 Å². The number of amides is 1. The monoisotopic (exact) mass is 531 g/mol. The van der Waals surface area contributed by atoms with Crippen LogP contribution >= 0.6 is 11.8 Å². The highest BCUT2D eigenvalue weighted by molar-refractivity contribution is 7.99. The Bertz CT molecular complexity index is 1440. The fourth-order valence-corrected chi connectivity index (χ4v) is 4.34. The van der Waals surface area contributed by atoms with E-state index in [1.807, 2.05) is 41.0 Å². The van der Waals surface area contributed by atoms with E-state index in [1.54, 1.807) is 13.2 Å². The largest absolute Gasteiger partial charge is 0.504 e. The minimum absolute atomic E-state index is 0.0295. The van der Waals surface area contributed by atoms with E-state index >= 15 is 0 Å². The van der Waals surface area contributed by atoms with Crippen molar-refractivity contribution in [1.82, 2.24) is 20.2 Å². The van der Waals surface area contributed by atoms with Crippen LogP contribution < -0.4 is 10.2 Å². The summed E-state index contributed by atoms with van der Waals surface area (Å²) in [5.74, 6) is 0.602. The van der Waals surface area contributed by atoms with E-state index in [4.69, 9.17) is 4.74 Å². The van der Waals surface area contributed by atoms with Gasteiger partial charge in [0.2, 0.25) is 0 Å². The van der Waals surface area contributed by atoms with Crippen molar-refractivity contribution in [2.45, 2.75) is 31.3 Å². The molecule has 3 aromatic carbocycles. The summed E-state index contributed by atoms with van der Waals surface area (Å²) in [5, 5.41) is 32.3. The van der Waals surface area contributed by atoms with Crippen LogP contribution in [0.25, 0.3) is 17.1 Å². The molecule has 0 spiro atoms. The van der Waals surface area contributed by atoms with Gasteiger partial charge in [0.1, 0.15) is 5.75 Å². The van der Waals surface area contributed by atoms with Crippen LogP contribution in [-0.4, -0.2) is 50.0 Å². The molecule has 1 amide bonds. The van der Waals surface area contributed by atoms with Gasteiger partial charge in [0.05, 0.1) is 19.1 Å². The summed E-state index contributed by atoms with van der Waals surface area (Å²) in [7, 11) is 1.61.